The maximum absolute atomic E-state index is 12.7. The van der Waals surface area contributed by atoms with Gasteiger partial charge in [-0.05, 0) is 37.2 Å². The molecule has 0 unspecified atom stereocenters. The van der Waals surface area contributed by atoms with Crippen molar-refractivity contribution in [1.29, 1.82) is 0 Å². The molecule has 2 fully saturated rings. The molecule has 1 saturated carbocycles. The van der Waals surface area contributed by atoms with Gasteiger partial charge in [-0.1, -0.05) is 19.1 Å². The molecule has 3 rings (SSSR count). The summed E-state index contributed by atoms with van der Waals surface area (Å²) in [6.07, 6.45) is 3.14. The molecule has 1 aliphatic heterocycles. The Morgan fingerprint density at radius 3 is 2.70 bits per heavy atom. The van der Waals surface area contributed by atoms with Gasteiger partial charge in [-0.15, -0.1) is 0 Å². The number of non-ortho nitro benzene ring substituents is 1. The van der Waals surface area contributed by atoms with Crippen LogP contribution in [0.25, 0.3) is 0 Å². The fourth-order valence-corrected chi connectivity index (χ4v) is 3.36. The van der Waals surface area contributed by atoms with E-state index in [0.29, 0.717) is 24.3 Å². The molecule has 23 heavy (non-hydrogen) atoms. The lowest BCUT2D eigenvalue weighted by Crippen LogP contribution is -2.49. The molecule has 0 atom stereocenters. The minimum absolute atomic E-state index is 0.0456. The number of nitro benzene ring substituents is 1. The topological polar surface area (TPSA) is 92.6 Å². The quantitative estimate of drug-likeness (QED) is 0.527. The van der Waals surface area contributed by atoms with Crippen LogP contribution in [0.2, 0.25) is 0 Å². The minimum Gasteiger partial charge on any atom is -0.323 e. The number of benzene rings is 1. The zero-order valence-corrected chi connectivity index (χ0v) is 12.9. The summed E-state index contributed by atoms with van der Waals surface area (Å²) in [5.41, 5.74) is -0.246. The Hall–Kier alpha value is -2.44. The smallest absolute Gasteiger partial charge is 0.323 e. The fraction of sp³-hybridized carbons (Fsp3) is 0.500. The first-order valence-electron chi connectivity index (χ1n) is 7.79. The van der Waals surface area contributed by atoms with Crippen molar-refractivity contribution in [2.75, 3.05) is 0 Å². The van der Waals surface area contributed by atoms with Gasteiger partial charge >= 0.3 is 6.03 Å². The fourth-order valence-electron chi connectivity index (χ4n) is 3.36. The van der Waals surface area contributed by atoms with E-state index in [9.17, 15) is 19.7 Å². The predicted octanol–water partition coefficient (Wildman–Crippen LogP) is 2.60. The van der Waals surface area contributed by atoms with Crippen LogP contribution < -0.4 is 5.32 Å². The lowest BCUT2D eigenvalue weighted by molar-refractivity contribution is -0.384. The summed E-state index contributed by atoms with van der Waals surface area (Å²) in [5.74, 6) is 0.358. The Balaban J connectivity index is 1.78. The van der Waals surface area contributed by atoms with Crippen molar-refractivity contribution in [1.82, 2.24) is 10.2 Å². The number of nitrogens with zero attached hydrogens (tertiary/aromatic N) is 2. The predicted molar refractivity (Wildman–Crippen MR) is 82.5 cm³/mol. The van der Waals surface area contributed by atoms with E-state index < -0.39 is 16.5 Å². The van der Waals surface area contributed by atoms with Crippen LogP contribution >= 0.6 is 0 Å². The SMILES string of the molecule is CC1CCC2(CC1)NC(=O)N(Cc1cccc([N+](=O)[O-])c1)C2=O. The van der Waals surface area contributed by atoms with Crippen LogP contribution in [0.5, 0.6) is 0 Å². The van der Waals surface area contributed by atoms with Crippen LogP contribution in [-0.2, 0) is 11.3 Å². The van der Waals surface area contributed by atoms with Crippen LogP contribution in [0.15, 0.2) is 24.3 Å². The number of rotatable bonds is 3. The second kappa shape index (κ2) is 5.64. The molecule has 7 nitrogen and oxygen atoms in total. The first-order chi connectivity index (χ1) is 10.9. The van der Waals surface area contributed by atoms with Crippen molar-refractivity contribution in [2.45, 2.75) is 44.7 Å². The van der Waals surface area contributed by atoms with Crippen molar-refractivity contribution in [3.8, 4) is 0 Å². The van der Waals surface area contributed by atoms with Gasteiger partial charge in [-0.25, -0.2) is 4.79 Å². The molecule has 1 aromatic rings. The molecule has 1 aromatic carbocycles. The molecule has 1 N–H and O–H groups in total. The van der Waals surface area contributed by atoms with Crippen molar-refractivity contribution < 1.29 is 14.5 Å². The molecule has 1 aliphatic carbocycles. The maximum atomic E-state index is 12.7. The highest BCUT2D eigenvalue weighted by atomic mass is 16.6. The molecular formula is C16H19N3O4. The summed E-state index contributed by atoms with van der Waals surface area (Å²) in [4.78, 5) is 36.5. The maximum Gasteiger partial charge on any atom is 0.325 e. The molecule has 0 bridgehead atoms. The first-order valence-corrected chi connectivity index (χ1v) is 7.79. The summed E-state index contributed by atoms with van der Waals surface area (Å²) in [6, 6.07) is 5.62. The number of amides is 3. The van der Waals surface area contributed by atoms with Gasteiger partial charge in [0, 0.05) is 12.1 Å². The summed E-state index contributed by atoms with van der Waals surface area (Å²) in [5, 5.41) is 13.7. The third-order valence-corrected chi connectivity index (χ3v) is 4.84. The molecule has 2 aliphatic rings. The molecular weight excluding hydrogens is 298 g/mol. The molecule has 1 heterocycles. The van der Waals surface area contributed by atoms with Crippen LogP contribution in [0.3, 0.4) is 0 Å². The number of nitro groups is 1. The number of carbonyl (C=O) groups is 2. The molecule has 1 spiro atoms. The van der Waals surface area contributed by atoms with E-state index in [4.69, 9.17) is 0 Å². The Morgan fingerprint density at radius 1 is 1.35 bits per heavy atom. The lowest BCUT2D eigenvalue weighted by Gasteiger charge is -2.33. The number of hydrogen-bond acceptors (Lipinski definition) is 4. The van der Waals surface area contributed by atoms with E-state index in [0.717, 1.165) is 12.8 Å². The van der Waals surface area contributed by atoms with Gasteiger partial charge in [-0.3, -0.25) is 19.8 Å². The van der Waals surface area contributed by atoms with Gasteiger partial charge in [0.25, 0.3) is 11.6 Å². The van der Waals surface area contributed by atoms with Gasteiger partial charge in [0.1, 0.15) is 5.54 Å². The number of carbonyl (C=O) groups excluding carboxylic acids is 2. The number of imide groups is 1. The molecule has 0 radical (unpaired) electrons. The highest BCUT2D eigenvalue weighted by molar-refractivity contribution is 6.07. The standard InChI is InChI=1S/C16H19N3O4/c1-11-5-7-16(8-6-11)14(20)18(15(21)17-16)10-12-3-2-4-13(9-12)19(22)23/h2-4,9,11H,5-8,10H2,1H3,(H,17,21). The Morgan fingerprint density at radius 2 is 2.04 bits per heavy atom. The van der Waals surface area contributed by atoms with Gasteiger partial charge in [0.05, 0.1) is 11.5 Å². The van der Waals surface area contributed by atoms with Gasteiger partial charge in [0.15, 0.2) is 0 Å². The highest BCUT2D eigenvalue weighted by Gasteiger charge is 2.51. The van der Waals surface area contributed by atoms with Crippen LogP contribution in [0.4, 0.5) is 10.5 Å². The van der Waals surface area contributed by atoms with Gasteiger partial charge in [0.2, 0.25) is 0 Å². The zero-order chi connectivity index (χ0) is 16.6. The third kappa shape index (κ3) is 2.78. The number of nitrogens with one attached hydrogen (secondary N) is 1. The Labute approximate surface area is 133 Å². The molecule has 7 heteroatoms. The average molecular weight is 317 g/mol. The zero-order valence-electron chi connectivity index (χ0n) is 12.9. The number of hydrogen-bond donors (Lipinski definition) is 1. The first kappa shape index (κ1) is 15.5. The summed E-state index contributed by atoms with van der Waals surface area (Å²) in [7, 11) is 0. The van der Waals surface area contributed by atoms with E-state index in [1.54, 1.807) is 12.1 Å². The molecule has 1 saturated heterocycles. The van der Waals surface area contributed by atoms with E-state index in [1.807, 2.05) is 0 Å². The van der Waals surface area contributed by atoms with Gasteiger partial charge < -0.3 is 5.32 Å². The minimum atomic E-state index is -0.774. The second-order valence-corrected chi connectivity index (χ2v) is 6.51. The Bertz CT molecular complexity index is 665. The van der Waals surface area contributed by atoms with Crippen molar-refractivity contribution in [3.05, 3.63) is 39.9 Å². The van der Waals surface area contributed by atoms with E-state index >= 15 is 0 Å². The highest BCUT2D eigenvalue weighted by Crippen LogP contribution is 2.36. The summed E-state index contributed by atoms with van der Waals surface area (Å²) < 4.78 is 0. The Kier molecular flexibility index (Phi) is 3.79. The van der Waals surface area contributed by atoms with Crippen LogP contribution in [-0.4, -0.2) is 27.3 Å². The summed E-state index contributed by atoms with van der Waals surface area (Å²) in [6.45, 7) is 2.21. The van der Waals surface area contributed by atoms with Crippen LogP contribution in [0.1, 0.15) is 38.2 Å². The van der Waals surface area contributed by atoms with E-state index in [1.165, 1.54) is 17.0 Å². The van der Waals surface area contributed by atoms with Crippen molar-refractivity contribution in [2.24, 2.45) is 5.92 Å². The largest absolute Gasteiger partial charge is 0.325 e. The summed E-state index contributed by atoms with van der Waals surface area (Å²) >= 11 is 0. The van der Waals surface area contributed by atoms with E-state index in [-0.39, 0.29) is 18.1 Å². The molecule has 3 amide bonds. The van der Waals surface area contributed by atoms with Crippen molar-refractivity contribution >= 4 is 17.6 Å². The van der Waals surface area contributed by atoms with E-state index in [2.05, 4.69) is 12.2 Å². The van der Waals surface area contributed by atoms with Gasteiger partial charge in [-0.2, -0.15) is 0 Å². The van der Waals surface area contributed by atoms with Crippen LogP contribution in [0, 0.1) is 16.0 Å². The average Bonchev–Trinajstić information content (AvgIpc) is 2.75. The normalized spacial score (nSPS) is 27.3. The molecule has 122 valence electrons. The van der Waals surface area contributed by atoms with Crippen molar-refractivity contribution in [3.63, 3.8) is 0 Å². The molecule has 0 aromatic heterocycles. The monoisotopic (exact) mass is 317 g/mol. The number of urea groups is 1. The third-order valence-electron chi connectivity index (χ3n) is 4.84. The lowest BCUT2D eigenvalue weighted by atomic mass is 9.77. The second-order valence-electron chi connectivity index (χ2n) is 6.51.